The van der Waals surface area contributed by atoms with Crippen molar-refractivity contribution < 1.29 is 0 Å². The number of nitrogens with two attached hydrogens (primary N) is 1. The third-order valence-electron chi connectivity index (χ3n) is 3.29. The molecular weight excluding hydrogens is 274 g/mol. The van der Waals surface area contributed by atoms with Gasteiger partial charge in [0.05, 0.1) is 0 Å². The lowest BCUT2D eigenvalue weighted by Gasteiger charge is -2.11. The summed E-state index contributed by atoms with van der Waals surface area (Å²) < 4.78 is 0. The van der Waals surface area contributed by atoms with Crippen molar-refractivity contribution in [3.63, 3.8) is 0 Å². The van der Waals surface area contributed by atoms with E-state index in [1.165, 1.54) is 5.56 Å². The van der Waals surface area contributed by atoms with E-state index in [1.807, 2.05) is 44.4 Å². The number of aromatic nitrogens is 3. The number of hydrogen-bond acceptors (Lipinski definition) is 5. The Hall–Kier alpha value is -2.95. The number of rotatable bonds is 3. The molecule has 110 valence electrons. The lowest BCUT2D eigenvalue weighted by Crippen LogP contribution is -2.15. The topological polar surface area (TPSA) is 67.9 Å². The monoisotopic (exact) mass is 291 g/mol. The van der Waals surface area contributed by atoms with Gasteiger partial charge in [0.25, 0.3) is 0 Å². The summed E-state index contributed by atoms with van der Waals surface area (Å²) in [5.41, 5.74) is 9.01. The zero-order chi connectivity index (χ0) is 15.5. The molecule has 5 heteroatoms. The molecule has 0 bridgehead atoms. The molecule has 0 spiro atoms. The molecule has 0 saturated heterocycles. The van der Waals surface area contributed by atoms with Crippen LogP contribution in [0.25, 0.3) is 22.5 Å². The van der Waals surface area contributed by atoms with Gasteiger partial charge in [-0.1, -0.05) is 54.6 Å². The molecule has 0 atom stereocenters. The number of anilines is 2. The highest BCUT2D eigenvalue weighted by Crippen LogP contribution is 2.23. The molecule has 0 aliphatic carbocycles. The summed E-state index contributed by atoms with van der Waals surface area (Å²) in [5, 5.41) is 0. The SMILES string of the molecule is CN(C)c1nc(N)nc(-c2ccc(-c3ccccc3)cc2)n1. The predicted molar refractivity (Wildman–Crippen MR) is 89.4 cm³/mol. The summed E-state index contributed by atoms with van der Waals surface area (Å²) in [4.78, 5) is 14.6. The molecule has 2 aromatic carbocycles. The van der Waals surface area contributed by atoms with Gasteiger partial charge in [-0.15, -0.1) is 0 Å². The largest absolute Gasteiger partial charge is 0.368 e. The zero-order valence-electron chi connectivity index (χ0n) is 12.6. The standard InChI is InChI=1S/C17H17N5/c1-22(2)17-20-15(19-16(18)21-17)14-10-8-13(9-11-14)12-6-4-3-5-7-12/h3-11H,1-2H3,(H2,18,19,20,21). The molecule has 3 aromatic rings. The van der Waals surface area contributed by atoms with Crippen molar-refractivity contribution >= 4 is 11.9 Å². The van der Waals surface area contributed by atoms with Crippen molar-refractivity contribution in [2.24, 2.45) is 0 Å². The molecule has 1 heterocycles. The first-order chi connectivity index (χ1) is 10.6. The highest BCUT2D eigenvalue weighted by atomic mass is 15.3. The van der Waals surface area contributed by atoms with Gasteiger partial charge >= 0.3 is 0 Å². The Morgan fingerprint density at radius 1 is 0.727 bits per heavy atom. The van der Waals surface area contributed by atoms with Gasteiger partial charge in [0.1, 0.15) is 0 Å². The van der Waals surface area contributed by atoms with Crippen LogP contribution in [0.5, 0.6) is 0 Å². The summed E-state index contributed by atoms with van der Waals surface area (Å²) in [6.07, 6.45) is 0. The maximum absolute atomic E-state index is 5.77. The minimum Gasteiger partial charge on any atom is -0.368 e. The van der Waals surface area contributed by atoms with Gasteiger partial charge < -0.3 is 10.6 Å². The van der Waals surface area contributed by atoms with Crippen molar-refractivity contribution in [3.8, 4) is 22.5 Å². The van der Waals surface area contributed by atoms with Crippen LogP contribution in [0.15, 0.2) is 54.6 Å². The Labute approximate surface area is 129 Å². The summed E-state index contributed by atoms with van der Waals surface area (Å²) in [6.45, 7) is 0. The van der Waals surface area contributed by atoms with E-state index in [0.717, 1.165) is 11.1 Å². The fraction of sp³-hybridized carbons (Fsp3) is 0.118. The molecule has 2 N–H and O–H groups in total. The van der Waals surface area contributed by atoms with Gasteiger partial charge in [-0.05, 0) is 11.1 Å². The van der Waals surface area contributed by atoms with Crippen molar-refractivity contribution in [1.82, 2.24) is 15.0 Å². The van der Waals surface area contributed by atoms with Crippen molar-refractivity contribution in [3.05, 3.63) is 54.6 Å². The minimum absolute atomic E-state index is 0.223. The molecule has 1 aromatic heterocycles. The maximum Gasteiger partial charge on any atom is 0.230 e. The van der Waals surface area contributed by atoms with Crippen molar-refractivity contribution in [2.75, 3.05) is 24.7 Å². The molecular formula is C17H17N5. The molecule has 5 nitrogen and oxygen atoms in total. The Balaban J connectivity index is 1.96. The Morgan fingerprint density at radius 2 is 1.32 bits per heavy atom. The number of benzene rings is 2. The van der Waals surface area contributed by atoms with Gasteiger partial charge in [0, 0.05) is 19.7 Å². The predicted octanol–water partition coefficient (Wildman–Crippen LogP) is 2.85. The van der Waals surface area contributed by atoms with E-state index >= 15 is 0 Å². The van der Waals surface area contributed by atoms with E-state index in [9.17, 15) is 0 Å². The highest BCUT2D eigenvalue weighted by Gasteiger charge is 2.08. The number of nitrogens with zero attached hydrogens (tertiary/aromatic N) is 4. The van der Waals surface area contributed by atoms with Crippen LogP contribution in [-0.2, 0) is 0 Å². The Bertz CT molecular complexity index is 767. The quantitative estimate of drug-likeness (QED) is 0.803. The molecule has 0 unspecified atom stereocenters. The van der Waals surface area contributed by atoms with Crippen LogP contribution in [0.4, 0.5) is 11.9 Å². The zero-order valence-corrected chi connectivity index (χ0v) is 12.6. The van der Waals surface area contributed by atoms with Crippen LogP contribution in [-0.4, -0.2) is 29.0 Å². The smallest absolute Gasteiger partial charge is 0.230 e. The first-order valence-electron chi connectivity index (χ1n) is 6.98. The van der Waals surface area contributed by atoms with Crippen molar-refractivity contribution in [1.29, 1.82) is 0 Å². The second-order valence-electron chi connectivity index (χ2n) is 5.16. The highest BCUT2D eigenvalue weighted by molar-refractivity contribution is 5.68. The van der Waals surface area contributed by atoms with E-state index in [4.69, 9.17) is 5.73 Å². The first kappa shape index (κ1) is 14.0. The average molecular weight is 291 g/mol. The normalized spacial score (nSPS) is 10.5. The van der Waals surface area contributed by atoms with E-state index in [0.29, 0.717) is 11.8 Å². The Morgan fingerprint density at radius 3 is 1.95 bits per heavy atom. The van der Waals surface area contributed by atoms with E-state index in [1.54, 1.807) is 4.90 Å². The van der Waals surface area contributed by atoms with Gasteiger partial charge in [0.2, 0.25) is 11.9 Å². The van der Waals surface area contributed by atoms with E-state index < -0.39 is 0 Å². The van der Waals surface area contributed by atoms with Gasteiger partial charge in [-0.25, -0.2) is 0 Å². The van der Waals surface area contributed by atoms with Crippen LogP contribution in [0, 0.1) is 0 Å². The molecule has 22 heavy (non-hydrogen) atoms. The summed E-state index contributed by atoms with van der Waals surface area (Å²) in [7, 11) is 3.74. The third-order valence-corrected chi connectivity index (χ3v) is 3.29. The molecule has 0 amide bonds. The van der Waals surface area contributed by atoms with E-state index in [-0.39, 0.29) is 5.95 Å². The van der Waals surface area contributed by atoms with Gasteiger partial charge in [-0.3, -0.25) is 0 Å². The number of hydrogen-bond donors (Lipinski definition) is 1. The third kappa shape index (κ3) is 2.88. The minimum atomic E-state index is 0.223. The van der Waals surface area contributed by atoms with Gasteiger partial charge in [0.15, 0.2) is 5.82 Å². The number of nitrogen functional groups attached to an aromatic ring is 1. The van der Waals surface area contributed by atoms with Crippen molar-refractivity contribution in [2.45, 2.75) is 0 Å². The first-order valence-corrected chi connectivity index (χ1v) is 6.98. The average Bonchev–Trinajstić information content (AvgIpc) is 2.55. The van der Waals surface area contributed by atoms with Crippen LogP contribution in [0.2, 0.25) is 0 Å². The fourth-order valence-corrected chi connectivity index (χ4v) is 2.15. The summed E-state index contributed by atoms with van der Waals surface area (Å²) in [6, 6.07) is 18.3. The van der Waals surface area contributed by atoms with Crippen LogP contribution in [0.1, 0.15) is 0 Å². The van der Waals surface area contributed by atoms with E-state index in [2.05, 4.69) is 39.2 Å². The fourth-order valence-electron chi connectivity index (χ4n) is 2.15. The molecule has 0 aliphatic rings. The van der Waals surface area contributed by atoms with Crippen LogP contribution >= 0.6 is 0 Å². The summed E-state index contributed by atoms with van der Waals surface area (Å²) in [5.74, 6) is 1.35. The molecule has 0 aliphatic heterocycles. The molecule has 0 fully saturated rings. The lowest BCUT2D eigenvalue weighted by atomic mass is 10.0. The van der Waals surface area contributed by atoms with Gasteiger partial charge in [-0.2, -0.15) is 15.0 Å². The molecule has 3 rings (SSSR count). The summed E-state index contributed by atoms with van der Waals surface area (Å²) >= 11 is 0. The maximum atomic E-state index is 5.77. The van der Waals surface area contributed by atoms with Crippen LogP contribution in [0.3, 0.4) is 0 Å². The second kappa shape index (κ2) is 5.81. The molecule has 0 saturated carbocycles. The van der Waals surface area contributed by atoms with Crippen LogP contribution < -0.4 is 10.6 Å². The lowest BCUT2D eigenvalue weighted by molar-refractivity contribution is 0.970. The molecule has 0 radical (unpaired) electrons. The second-order valence-corrected chi connectivity index (χ2v) is 5.16. The Kier molecular flexibility index (Phi) is 3.70.